The molecule has 0 bridgehead atoms. The molecule has 0 saturated heterocycles. The molecule has 3 N–H and O–H groups in total. The zero-order chi connectivity index (χ0) is 13.1. The number of pyridine rings is 1. The third-order valence-electron chi connectivity index (χ3n) is 2.51. The van der Waals surface area contributed by atoms with Gasteiger partial charge in [-0.15, -0.1) is 0 Å². The van der Waals surface area contributed by atoms with E-state index < -0.39 is 0 Å². The van der Waals surface area contributed by atoms with Gasteiger partial charge in [0.1, 0.15) is 10.8 Å². The molecule has 0 radical (unpaired) electrons. The SMILES string of the molecule is Cc1cc(CNc2nccc(C)c2C(N)=S)on1. The second-order valence-corrected chi connectivity index (χ2v) is 4.44. The zero-order valence-corrected chi connectivity index (χ0v) is 11.0. The topological polar surface area (TPSA) is 77.0 Å². The molecule has 0 atom stereocenters. The van der Waals surface area contributed by atoms with Crippen molar-refractivity contribution in [3.63, 3.8) is 0 Å². The van der Waals surface area contributed by atoms with E-state index in [1.807, 2.05) is 26.0 Å². The second kappa shape index (κ2) is 5.14. The number of nitrogens with zero attached hydrogens (tertiary/aromatic N) is 2. The van der Waals surface area contributed by atoms with Gasteiger partial charge in [0.05, 0.1) is 17.8 Å². The average Bonchev–Trinajstić information content (AvgIpc) is 2.72. The van der Waals surface area contributed by atoms with Gasteiger partial charge in [0, 0.05) is 12.3 Å². The summed E-state index contributed by atoms with van der Waals surface area (Å²) >= 11 is 5.03. The predicted molar refractivity (Wildman–Crippen MR) is 73.4 cm³/mol. The maximum atomic E-state index is 5.70. The molecule has 2 aromatic heterocycles. The summed E-state index contributed by atoms with van der Waals surface area (Å²) < 4.78 is 5.11. The molecule has 6 heteroatoms. The fourth-order valence-electron chi connectivity index (χ4n) is 1.67. The first-order valence-corrected chi connectivity index (χ1v) is 5.90. The number of hydrogen-bond acceptors (Lipinski definition) is 5. The lowest BCUT2D eigenvalue weighted by Gasteiger charge is -2.10. The van der Waals surface area contributed by atoms with Gasteiger partial charge in [0.2, 0.25) is 0 Å². The summed E-state index contributed by atoms with van der Waals surface area (Å²) in [5, 5.41) is 6.97. The van der Waals surface area contributed by atoms with Gasteiger partial charge in [-0.2, -0.15) is 0 Å². The molecule has 5 nitrogen and oxygen atoms in total. The van der Waals surface area contributed by atoms with E-state index in [1.54, 1.807) is 6.20 Å². The summed E-state index contributed by atoms with van der Waals surface area (Å²) in [7, 11) is 0. The van der Waals surface area contributed by atoms with Crippen molar-refractivity contribution in [1.29, 1.82) is 0 Å². The van der Waals surface area contributed by atoms with Crippen molar-refractivity contribution >= 4 is 23.0 Å². The van der Waals surface area contributed by atoms with Crippen molar-refractivity contribution < 1.29 is 4.52 Å². The van der Waals surface area contributed by atoms with Crippen molar-refractivity contribution in [3.8, 4) is 0 Å². The van der Waals surface area contributed by atoms with Crippen LogP contribution < -0.4 is 11.1 Å². The minimum atomic E-state index is 0.330. The van der Waals surface area contributed by atoms with E-state index in [2.05, 4.69) is 15.5 Å². The Morgan fingerprint density at radius 3 is 2.89 bits per heavy atom. The summed E-state index contributed by atoms with van der Waals surface area (Å²) in [5.41, 5.74) is 8.31. The monoisotopic (exact) mass is 262 g/mol. The molecule has 0 aliphatic carbocycles. The standard InChI is InChI=1S/C12H14N4OS/c1-7-3-4-14-12(10(7)11(13)18)15-6-9-5-8(2)16-17-9/h3-5H,6H2,1-2H3,(H2,13,18)(H,14,15). The lowest BCUT2D eigenvalue weighted by Crippen LogP contribution is -2.16. The quantitative estimate of drug-likeness (QED) is 0.820. The van der Waals surface area contributed by atoms with Crippen LogP contribution in [0.4, 0.5) is 5.82 Å². The fraction of sp³-hybridized carbons (Fsp3) is 0.250. The van der Waals surface area contributed by atoms with Crippen molar-refractivity contribution in [3.05, 3.63) is 40.9 Å². The number of aromatic nitrogens is 2. The molecular formula is C12H14N4OS. The van der Waals surface area contributed by atoms with Gasteiger partial charge in [-0.05, 0) is 25.5 Å². The second-order valence-electron chi connectivity index (χ2n) is 4.00. The number of rotatable bonds is 4. The number of aryl methyl sites for hydroxylation is 2. The van der Waals surface area contributed by atoms with Crippen LogP contribution >= 0.6 is 12.2 Å². The fourth-order valence-corrected chi connectivity index (χ4v) is 1.93. The van der Waals surface area contributed by atoms with Crippen LogP contribution in [0.3, 0.4) is 0 Å². The van der Waals surface area contributed by atoms with Gasteiger partial charge < -0.3 is 15.6 Å². The Hall–Kier alpha value is -1.95. The van der Waals surface area contributed by atoms with Crippen LogP contribution in [0.1, 0.15) is 22.6 Å². The third-order valence-corrected chi connectivity index (χ3v) is 2.72. The van der Waals surface area contributed by atoms with Crippen LogP contribution in [-0.2, 0) is 6.54 Å². The van der Waals surface area contributed by atoms with Gasteiger partial charge in [-0.3, -0.25) is 0 Å². The first-order chi connectivity index (χ1) is 8.58. The molecule has 0 fully saturated rings. The summed E-state index contributed by atoms with van der Waals surface area (Å²) in [6, 6.07) is 3.74. The van der Waals surface area contributed by atoms with E-state index in [0.29, 0.717) is 17.4 Å². The highest BCUT2D eigenvalue weighted by atomic mass is 32.1. The van der Waals surface area contributed by atoms with Crippen molar-refractivity contribution in [2.24, 2.45) is 5.73 Å². The Morgan fingerprint density at radius 1 is 1.50 bits per heavy atom. The summed E-state index contributed by atoms with van der Waals surface area (Å²) in [6.45, 7) is 4.31. The molecule has 2 aromatic rings. The van der Waals surface area contributed by atoms with Gasteiger partial charge in [0.15, 0.2) is 5.76 Å². The van der Waals surface area contributed by atoms with Gasteiger partial charge in [-0.1, -0.05) is 17.4 Å². The maximum absolute atomic E-state index is 5.70. The highest BCUT2D eigenvalue weighted by Crippen LogP contribution is 2.17. The molecule has 0 aliphatic heterocycles. The lowest BCUT2D eigenvalue weighted by molar-refractivity contribution is 0.384. The van der Waals surface area contributed by atoms with E-state index in [1.165, 1.54) is 0 Å². The molecule has 94 valence electrons. The lowest BCUT2D eigenvalue weighted by atomic mass is 10.1. The number of anilines is 1. The van der Waals surface area contributed by atoms with Crippen LogP contribution in [0.2, 0.25) is 0 Å². The van der Waals surface area contributed by atoms with Crippen LogP contribution in [0.15, 0.2) is 22.9 Å². The third kappa shape index (κ3) is 2.65. The highest BCUT2D eigenvalue weighted by molar-refractivity contribution is 7.80. The Bertz CT molecular complexity index is 579. The average molecular weight is 262 g/mol. The normalized spacial score (nSPS) is 10.3. The number of nitrogens with one attached hydrogen (secondary N) is 1. The number of thiocarbonyl (C=S) groups is 1. The Labute approximate surface area is 110 Å². The molecular weight excluding hydrogens is 248 g/mol. The smallest absolute Gasteiger partial charge is 0.156 e. The highest BCUT2D eigenvalue weighted by Gasteiger charge is 2.10. The van der Waals surface area contributed by atoms with E-state index in [9.17, 15) is 0 Å². The minimum Gasteiger partial charge on any atom is -0.389 e. The minimum absolute atomic E-state index is 0.330. The summed E-state index contributed by atoms with van der Waals surface area (Å²) in [5.74, 6) is 1.40. The molecule has 0 amide bonds. The Balaban J connectivity index is 2.19. The van der Waals surface area contributed by atoms with Gasteiger partial charge in [0.25, 0.3) is 0 Å². The van der Waals surface area contributed by atoms with Crippen LogP contribution in [-0.4, -0.2) is 15.1 Å². The molecule has 0 saturated carbocycles. The van der Waals surface area contributed by atoms with Gasteiger partial charge >= 0.3 is 0 Å². The van der Waals surface area contributed by atoms with Crippen molar-refractivity contribution in [2.75, 3.05) is 5.32 Å². The number of hydrogen-bond donors (Lipinski definition) is 2. The van der Waals surface area contributed by atoms with E-state index in [-0.39, 0.29) is 0 Å². The van der Waals surface area contributed by atoms with E-state index in [0.717, 1.165) is 22.6 Å². The zero-order valence-electron chi connectivity index (χ0n) is 10.2. The predicted octanol–water partition coefficient (Wildman–Crippen LogP) is 1.93. The van der Waals surface area contributed by atoms with Crippen molar-refractivity contribution in [1.82, 2.24) is 10.1 Å². The van der Waals surface area contributed by atoms with Crippen molar-refractivity contribution in [2.45, 2.75) is 20.4 Å². The van der Waals surface area contributed by atoms with E-state index >= 15 is 0 Å². The molecule has 0 aliphatic rings. The molecule has 0 aromatic carbocycles. The first kappa shape index (κ1) is 12.5. The van der Waals surface area contributed by atoms with Gasteiger partial charge in [-0.25, -0.2) is 4.98 Å². The molecule has 2 heterocycles. The molecule has 2 rings (SSSR count). The summed E-state index contributed by atoms with van der Waals surface area (Å²) in [4.78, 5) is 4.57. The molecule has 0 unspecified atom stereocenters. The van der Waals surface area contributed by atoms with Crippen LogP contribution in [0, 0.1) is 13.8 Å². The van der Waals surface area contributed by atoms with Crippen LogP contribution in [0.25, 0.3) is 0 Å². The Morgan fingerprint density at radius 2 is 2.28 bits per heavy atom. The maximum Gasteiger partial charge on any atom is 0.156 e. The van der Waals surface area contributed by atoms with Crippen LogP contribution in [0.5, 0.6) is 0 Å². The van der Waals surface area contributed by atoms with E-state index in [4.69, 9.17) is 22.5 Å². The first-order valence-electron chi connectivity index (χ1n) is 5.49. The molecule has 18 heavy (non-hydrogen) atoms. The largest absolute Gasteiger partial charge is 0.389 e. The number of nitrogens with two attached hydrogens (primary N) is 1. The Kier molecular flexibility index (Phi) is 3.57. The molecule has 0 spiro atoms. The summed E-state index contributed by atoms with van der Waals surface area (Å²) in [6.07, 6.45) is 1.71.